The third kappa shape index (κ3) is 2.45. The largest absolute Gasteiger partial charge is 0.497 e. The van der Waals surface area contributed by atoms with Crippen LogP contribution in [-0.2, 0) is 0 Å². The first-order valence-electron chi connectivity index (χ1n) is 6.69. The molecule has 1 atom stereocenters. The van der Waals surface area contributed by atoms with Crippen LogP contribution in [0, 0.1) is 0 Å². The molecule has 0 saturated carbocycles. The Labute approximate surface area is 123 Å². The van der Waals surface area contributed by atoms with Gasteiger partial charge in [0.1, 0.15) is 22.8 Å². The standard InChI is InChI=1S/C17H17NO3/c1-19-12-7-8-13(15(10-12)20-2)17(18)16-9-11-5-3-4-6-14(11)21-16/h3-10,17H,18H2,1-2H3. The smallest absolute Gasteiger partial charge is 0.134 e. The van der Waals surface area contributed by atoms with Gasteiger partial charge < -0.3 is 19.6 Å². The summed E-state index contributed by atoms with van der Waals surface area (Å²) in [6.45, 7) is 0. The van der Waals surface area contributed by atoms with Crippen LogP contribution in [0.3, 0.4) is 0 Å². The van der Waals surface area contributed by atoms with Crippen LogP contribution in [0.25, 0.3) is 11.0 Å². The molecule has 0 saturated heterocycles. The highest BCUT2D eigenvalue weighted by Gasteiger charge is 2.18. The lowest BCUT2D eigenvalue weighted by molar-refractivity contribution is 0.388. The Bertz CT molecular complexity index is 731. The zero-order valence-electron chi connectivity index (χ0n) is 12.0. The molecule has 0 bridgehead atoms. The number of hydrogen-bond donors (Lipinski definition) is 1. The minimum absolute atomic E-state index is 0.391. The van der Waals surface area contributed by atoms with Crippen molar-refractivity contribution < 1.29 is 13.9 Å². The first-order valence-corrected chi connectivity index (χ1v) is 6.69. The van der Waals surface area contributed by atoms with E-state index in [4.69, 9.17) is 19.6 Å². The fourth-order valence-corrected chi connectivity index (χ4v) is 2.38. The molecule has 0 aliphatic carbocycles. The molecule has 3 rings (SSSR count). The van der Waals surface area contributed by atoms with Gasteiger partial charge in [-0.05, 0) is 24.3 Å². The summed E-state index contributed by atoms with van der Waals surface area (Å²) in [4.78, 5) is 0. The summed E-state index contributed by atoms with van der Waals surface area (Å²) in [5.41, 5.74) is 8.02. The van der Waals surface area contributed by atoms with Crippen LogP contribution < -0.4 is 15.2 Å². The molecule has 1 aromatic heterocycles. The predicted molar refractivity (Wildman–Crippen MR) is 81.8 cm³/mol. The summed E-state index contributed by atoms with van der Waals surface area (Å²) in [5.74, 6) is 2.12. The van der Waals surface area contributed by atoms with E-state index >= 15 is 0 Å². The van der Waals surface area contributed by atoms with E-state index in [0.29, 0.717) is 11.5 Å². The van der Waals surface area contributed by atoms with Gasteiger partial charge in [-0.2, -0.15) is 0 Å². The van der Waals surface area contributed by atoms with Crippen molar-refractivity contribution in [1.29, 1.82) is 0 Å². The molecule has 0 fully saturated rings. The van der Waals surface area contributed by atoms with Crippen LogP contribution >= 0.6 is 0 Å². The van der Waals surface area contributed by atoms with E-state index in [2.05, 4.69) is 0 Å². The van der Waals surface area contributed by atoms with Gasteiger partial charge in [0.05, 0.1) is 20.3 Å². The SMILES string of the molecule is COc1ccc(C(N)c2cc3ccccc3o2)c(OC)c1. The Balaban J connectivity index is 2.02. The Morgan fingerprint density at radius 3 is 2.52 bits per heavy atom. The van der Waals surface area contributed by atoms with E-state index in [1.165, 1.54) is 0 Å². The molecule has 0 aliphatic heterocycles. The summed E-state index contributed by atoms with van der Waals surface area (Å²) in [6.07, 6.45) is 0. The second kappa shape index (κ2) is 5.50. The van der Waals surface area contributed by atoms with Crippen LogP contribution in [0.1, 0.15) is 17.4 Å². The highest BCUT2D eigenvalue weighted by molar-refractivity contribution is 5.78. The van der Waals surface area contributed by atoms with E-state index in [0.717, 1.165) is 22.3 Å². The molecule has 0 aliphatic rings. The van der Waals surface area contributed by atoms with E-state index in [1.807, 2.05) is 48.5 Å². The molecule has 21 heavy (non-hydrogen) atoms. The van der Waals surface area contributed by atoms with E-state index in [9.17, 15) is 0 Å². The first-order chi connectivity index (χ1) is 10.2. The number of furan rings is 1. The van der Waals surface area contributed by atoms with Gasteiger partial charge in [-0.3, -0.25) is 0 Å². The van der Waals surface area contributed by atoms with E-state index in [-0.39, 0.29) is 0 Å². The van der Waals surface area contributed by atoms with Crippen molar-refractivity contribution in [3.8, 4) is 11.5 Å². The molecule has 3 aromatic rings. The quantitative estimate of drug-likeness (QED) is 0.796. The second-order valence-corrected chi connectivity index (χ2v) is 4.77. The molecular weight excluding hydrogens is 266 g/mol. The lowest BCUT2D eigenvalue weighted by atomic mass is 10.0. The van der Waals surface area contributed by atoms with Gasteiger partial charge in [0.2, 0.25) is 0 Å². The zero-order chi connectivity index (χ0) is 14.8. The number of methoxy groups -OCH3 is 2. The number of fused-ring (bicyclic) bond motifs is 1. The first kappa shape index (κ1) is 13.5. The number of ether oxygens (including phenoxy) is 2. The molecule has 0 spiro atoms. The Morgan fingerprint density at radius 2 is 1.81 bits per heavy atom. The predicted octanol–water partition coefficient (Wildman–Crippen LogP) is 3.50. The third-order valence-electron chi connectivity index (χ3n) is 3.53. The molecule has 1 unspecified atom stereocenters. The van der Waals surface area contributed by atoms with Crippen LogP contribution in [0.5, 0.6) is 11.5 Å². The van der Waals surface area contributed by atoms with Crippen LogP contribution in [0.4, 0.5) is 0 Å². The monoisotopic (exact) mass is 283 g/mol. The molecule has 2 N–H and O–H groups in total. The van der Waals surface area contributed by atoms with E-state index in [1.54, 1.807) is 14.2 Å². The highest BCUT2D eigenvalue weighted by atomic mass is 16.5. The minimum atomic E-state index is -0.391. The van der Waals surface area contributed by atoms with Crippen LogP contribution in [0.2, 0.25) is 0 Å². The number of para-hydroxylation sites is 1. The number of benzene rings is 2. The molecule has 0 amide bonds. The Morgan fingerprint density at radius 1 is 1.00 bits per heavy atom. The average molecular weight is 283 g/mol. The van der Waals surface area contributed by atoms with Gasteiger partial charge >= 0.3 is 0 Å². The number of hydrogen-bond acceptors (Lipinski definition) is 4. The summed E-state index contributed by atoms with van der Waals surface area (Å²) < 4.78 is 16.4. The molecule has 1 heterocycles. The molecule has 4 nitrogen and oxygen atoms in total. The highest BCUT2D eigenvalue weighted by Crippen LogP contribution is 2.33. The lowest BCUT2D eigenvalue weighted by Gasteiger charge is -2.14. The van der Waals surface area contributed by atoms with Crippen molar-refractivity contribution in [2.75, 3.05) is 14.2 Å². The maximum Gasteiger partial charge on any atom is 0.134 e. The summed E-state index contributed by atoms with van der Waals surface area (Å²) in [5, 5.41) is 1.04. The normalized spacial score (nSPS) is 12.3. The molecule has 0 radical (unpaired) electrons. The van der Waals surface area contributed by atoms with Crippen molar-refractivity contribution in [3.05, 3.63) is 59.9 Å². The number of nitrogens with two attached hydrogens (primary N) is 1. The maximum absolute atomic E-state index is 6.33. The summed E-state index contributed by atoms with van der Waals surface area (Å²) >= 11 is 0. The summed E-state index contributed by atoms with van der Waals surface area (Å²) in [6, 6.07) is 15.0. The van der Waals surface area contributed by atoms with Crippen molar-refractivity contribution in [3.63, 3.8) is 0 Å². The fraction of sp³-hybridized carbons (Fsp3) is 0.176. The second-order valence-electron chi connectivity index (χ2n) is 4.77. The Kier molecular flexibility index (Phi) is 3.54. The van der Waals surface area contributed by atoms with Gasteiger partial charge in [-0.25, -0.2) is 0 Å². The van der Waals surface area contributed by atoms with Gasteiger partial charge in [0.25, 0.3) is 0 Å². The maximum atomic E-state index is 6.33. The van der Waals surface area contributed by atoms with Gasteiger partial charge in [-0.15, -0.1) is 0 Å². The molecular formula is C17H17NO3. The van der Waals surface area contributed by atoms with Crippen LogP contribution in [-0.4, -0.2) is 14.2 Å². The van der Waals surface area contributed by atoms with Crippen molar-refractivity contribution >= 4 is 11.0 Å². The molecule has 108 valence electrons. The number of rotatable bonds is 4. The third-order valence-corrected chi connectivity index (χ3v) is 3.53. The molecule has 4 heteroatoms. The zero-order valence-corrected chi connectivity index (χ0v) is 12.0. The molecule has 2 aromatic carbocycles. The van der Waals surface area contributed by atoms with Crippen molar-refractivity contribution in [1.82, 2.24) is 0 Å². The fourth-order valence-electron chi connectivity index (χ4n) is 2.38. The lowest BCUT2D eigenvalue weighted by Crippen LogP contribution is -2.12. The van der Waals surface area contributed by atoms with Crippen LogP contribution in [0.15, 0.2) is 52.9 Å². The Hall–Kier alpha value is -2.46. The summed E-state index contributed by atoms with van der Waals surface area (Å²) in [7, 11) is 3.23. The van der Waals surface area contributed by atoms with Crippen molar-refractivity contribution in [2.45, 2.75) is 6.04 Å². The van der Waals surface area contributed by atoms with Gasteiger partial charge in [-0.1, -0.05) is 18.2 Å². The topological polar surface area (TPSA) is 57.6 Å². The van der Waals surface area contributed by atoms with Crippen molar-refractivity contribution in [2.24, 2.45) is 5.73 Å². The van der Waals surface area contributed by atoms with Gasteiger partial charge in [0.15, 0.2) is 0 Å². The average Bonchev–Trinajstić information content (AvgIpc) is 2.97. The van der Waals surface area contributed by atoms with Gasteiger partial charge in [0, 0.05) is 17.0 Å². The minimum Gasteiger partial charge on any atom is -0.497 e. The van der Waals surface area contributed by atoms with E-state index < -0.39 is 6.04 Å².